The van der Waals surface area contributed by atoms with Crippen molar-refractivity contribution < 1.29 is 8.94 Å². The second-order valence-corrected chi connectivity index (χ2v) is 4.94. The smallest absolute Gasteiger partial charge is 0.238 e. The Kier molecular flexibility index (Phi) is 3.38. The number of hydrogen-bond acceptors (Lipinski definition) is 8. The van der Waals surface area contributed by atoms with Gasteiger partial charge in [-0.05, 0) is 19.1 Å². The number of nitrogens with zero attached hydrogens (tertiary/aromatic N) is 4. The first kappa shape index (κ1) is 12.7. The van der Waals surface area contributed by atoms with Crippen molar-refractivity contribution in [1.29, 1.82) is 0 Å². The van der Waals surface area contributed by atoms with Crippen LogP contribution in [0.5, 0.6) is 0 Å². The van der Waals surface area contributed by atoms with E-state index in [2.05, 4.69) is 20.1 Å². The molecule has 0 amide bonds. The average molecular weight is 289 g/mol. The highest BCUT2D eigenvalue weighted by molar-refractivity contribution is 7.98. The number of thioether (sulfide) groups is 1. The second-order valence-electron chi connectivity index (χ2n) is 3.99. The van der Waals surface area contributed by atoms with Crippen molar-refractivity contribution in [3.63, 3.8) is 0 Å². The third-order valence-electron chi connectivity index (χ3n) is 2.39. The van der Waals surface area contributed by atoms with E-state index < -0.39 is 0 Å². The fourth-order valence-electron chi connectivity index (χ4n) is 1.58. The van der Waals surface area contributed by atoms with E-state index in [1.807, 2.05) is 6.92 Å². The molecule has 0 radical (unpaired) electrons. The monoisotopic (exact) mass is 289 g/mol. The summed E-state index contributed by atoms with van der Waals surface area (Å²) in [4.78, 5) is 12.6. The molecule has 0 bridgehead atoms. The Morgan fingerprint density at radius 1 is 1.30 bits per heavy atom. The minimum atomic E-state index is 0.426. The molecule has 20 heavy (non-hydrogen) atoms. The van der Waals surface area contributed by atoms with Crippen LogP contribution in [0.4, 0.5) is 5.82 Å². The fraction of sp³-hybridized carbons (Fsp3) is 0.167. The molecule has 0 unspecified atom stereocenters. The van der Waals surface area contributed by atoms with Gasteiger partial charge in [-0.2, -0.15) is 4.98 Å². The van der Waals surface area contributed by atoms with Crippen LogP contribution in [0.15, 0.2) is 38.6 Å². The van der Waals surface area contributed by atoms with Crippen LogP contribution in [0.1, 0.15) is 11.6 Å². The summed E-state index contributed by atoms with van der Waals surface area (Å²) in [6.07, 6.45) is 1.56. The van der Waals surface area contributed by atoms with Crippen LogP contribution in [-0.2, 0) is 5.75 Å². The van der Waals surface area contributed by atoms with Gasteiger partial charge in [0.1, 0.15) is 5.82 Å². The Bertz CT molecular complexity index is 690. The lowest BCUT2D eigenvalue weighted by Gasteiger charge is -2.00. The van der Waals surface area contributed by atoms with Gasteiger partial charge in [-0.1, -0.05) is 16.9 Å². The SMILES string of the molecule is Cc1cc(N)nc(SCc2nc(-c3ccco3)no2)n1. The van der Waals surface area contributed by atoms with Crippen molar-refractivity contribution in [1.82, 2.24) is 20.1 Å². The molecule has 0 fully saturated rings. The Balaban J connectivity index is 1.69. The third kappa shape index (κ3) is 2.80. The van der Waals surface area contributed by atoms with Gasteiger partial charge in [0, 0.05) is 11.8 Å². The molecule has 2 N–H and O–H groups in total. The van der Waals surface area contributed by atoms with Crippen LogP contribution < -0.4 is 5.73 Å². The van der Waals surface area contributed by atoms with Crippen molar-refractivity contribution in [2.45, 2.75) is 17.8 Å². The van der Waals surface area contributed by atoms with Crippen molar-refractivity contribution in [3.05, 3.63) is 36.0 Å². The molecule has 102 valence electrons. The van der Waals surface area contributed by atoms with E-state index in [1.54, 1.807) is 24.5 Å². The summed E-state index contributed by atoms with van der Waals surface area (Å²) in [7, 11) is 0. The molecule has 0 aliphatic rings. The molecule has 0 saturated heterocycles. The van der Waals surface area contributed by atoms with Crippen LogP contribution >= 0.6 is 11.8 Å². The molecule has 0 aliphatic heterocycles. The topological polar surface area (TPSA) is 104 Å². The zero-order valence-corrected chi connectivity index (χ0v) is 11.4. The molecule has 0 aliphatic carbocycles. The highest BCUT2D eigenvalue weighted by Gasteiger charge is 2.11. The van der Waals surface area contributed by atoms with E-state index in [1.165, 1.54) is 11.8 Å². The molecule has 3 aromatic heterocycles. The molecule has 0 spiro atoms. The molecule has 0 atom stereocenters. The molecular weight excluding hydrogens is 278 g/mol. The van der Waals surface area contributed by atoms with Gasteiger partial charge >= 0.3 is 0 Å². The largest absolute Gasteiger partial charge is 0.461 e. The van der Waals surface area contributed by atoms with Crippen molar-refractivity contribution in [2.24, 2.45) is 0 Å². The molecule has 3 aromatic rings. The highest BCUT2D eigenvalue weighted by atomic mass is 32.2. The fourth-order valence-corrected chi connectivity index (χ4v) is 2.32. The lowest BCUT2D eigenvalue weighted by molar-refractivity contribution is 0.390. The predicted octanol–water partition coefficient (Wildman–Crippen LogP) is 2.30. The Hall–Kier alpha value is -2.35. The number of rotatable bonds is 4. The number of anilines is 1. The second kappa shape index (κ2) is 5.33. The molecule has 0 saturated carbocycles. The number of nitrogens with two attached hydrogens (primary N) is 1. The summed E-state index contributed by atoms with van der Waals surface area (Å²) >= 11 is 1.38. The van der Waals surface area contributed by atoms with Gasteiger partial charge in [-0.15, -0.1) is 0 Å². The van der Waals surface area contributed by atoms with Gasteiger partial charge in [0.05, 0.1) is 12.0 Å². The minimum absolute atomic E-state index is 0.426. The maximum Gasteiger partial charge on any atom is 0.238 e. The maximum atomic E-state index is 5.67. The summed E-state index contributed by atoms with van der Waals surface area (Å²) < 4.78 is 10.3. The standard InChI is InChI=1S/C12H11N5O2S/c1-7-5-9(13)15-12(14-7)20-6-10-16-11(17-19-10)8-3-2-4-18-8/h2-5H,6H2,1H3,(H2,13,14,15). The van der Waals surface area contributed by atoms with Crippen LogP contribution in [0.25, 0.3) is 11.6 Å². The first-order chi connectivity index (χ1) is 9.70. The summed E-state index contributed by atoms with van der Waals surface area (Å²) in [6, 6.07) is 5.25. The Morgan fingerprint density at radius 3 is 2.95 bits per heavy atom. The van der Waals surface area contributed by atoms with E-state index in [0.717, 1.165) is 5.69 Å². The van der Waals surface area contributed by atoms with Crippen LogP contribution in [0.3, 0.4) is 0 Å². The zero-order chi connectivity index (χ0) is 13.9. The molecule has 3 heterocycles. The van der Waals surface area contributed by atoms with Crippen LogP contribution in [-0.4, -0.2) is 20.1 Å². The summed E-state index contributed by atoms with van der Waals surface area (Å²) in [5, 5.41) is 4.43. The van der Waals surface area contributed by atoms with E-state index in [4.69, 9.17) is 14.7 Å². The molecular formula is C12H11N5O2S. The summed E-state index contributed by atoms with van der Waals surface area (Å²) in [6.45, 7) is 1.86. The minimum Gasteiger partial charge on any atom is -0.461 e. The van der Waals surface area contributed by atoms with Gasteiger partial charge in [0.15, 0.2) is 10.9 Å². The zero-order valence-electron chi connectivity index (χ0n) is 10.6. The first-order valence-corrected chi connectivity index (χ1v) is 6.80. The van der Waals surface area contributed by atoms with Gasteiger partial charge in [0.2, 0.25) is 11.7 Å². The van der Waals surface area contributed by atoms with E-state index in [0.29, 0.717) is 34.2 Å². The molecule has 8 heteroatoms. The van der Waals surface area contributed by atoms with Crippen molar-refractivity contribution in [2.75, 3.05) is 5.73 Å². The summed E-state index contributed by atoms with van der Waals surface area (Å²) in [5.74, 6) is 2.39. The van der Waals surface area contributed by atoms with Crippen molar-refractivity contribution in [3.8, 4) is 11.6 Å². The van der Waals surface area contributed by atoms with E-state index >= 15 is 0 Å². The molecule has 3 rings (SSSR count). The van der Waals surface area contributed by atoms with E-state index in [9.17, 15) is 0 Å². The van der Waals surface area contributed by atoms with Gasteiger partial charge in [0.25, 0.3) is 0 Å². The Labute approximate surface area is 118 Å². The molecule has 7 nitrogen and oxygen atoms in total. The quantitative estimate of drug-likeness (QED) is 0.576. The van der Waals surface area contributed by atoms with Crippen molar-refractivity contribution >= 4 is 17.6 Å². The lowest BCUT2D eigenvalue weighted by Crippen LogP contribution is -1.96. The van der Waals surface area contributed by atoms with Gasteiger partial charge < -0.3 is 14.7 Å². The number of hydrogen-bond donors (Lipinski definition) is 1. The van der Waals surface area contributed by atoms with Crippen LogP contribution in [0.2, 0.25) is 0 Å². The van der Waals surface area contributed by atoms with Crippen LogP contribution in [0, 0.1) is 6.92 Å². The normalized spacial score (nSPS) is 10.8. The number of furan rings is 1. The van der Waals surface area contributed by atoms with E-state index in [-0.39, 0.29) is 0 Å². The van der Waals surface area contributed by atoms with Gasteiger partial charge in [-0.3, -0.25) is 0 Å². The Morgan fingerprint density at radius 2 is 2.20 bits per heavy atom. The number of nitrogen functional groups attached to an aromatic ring is 1. The number of aryl methyl sites for hydroxylation is 1. The maximum absolute atomic E-state index is 5.67. The average Bonchev–Trinajstić information content (AvgIpc) is 3.06. The lowest BCUT2D eigenvalue weighted by atomic mass is 10.4. The highest BCUT2D eigenvalue weighted by Crippen LogP contribution is 2.22. The first-order valence-electron chi connectivity index (χ1n) is 5.81. The third-order valence-corrected chi connectivity index (χ3v) is 3.22. The number of aromatic nitrogens is 4. The van der Waals surface area contributed by atoms with Gasteiger partial charge in [-0.25, -0.2) is 9.97 Å². The molecule has 0 aromatic carbocycles. The predicted molar refractivity (Wildman–Crippen MR) is 72.7 cm³/mol. The summed E-state index contributed by atoms with van der Waals surface area (Å²) in [5.41, 5.74) is 6.49.